The molecule has 0 atom stereocenters. The predicted molar refractivity (Wildman–Crippen MR) is 76.3 cm³/mol. The Kier molecular flexibility index (Phi) is 3.34. The van der Waals surface area contributed by atoms with Gasteiger partial charge in [-0.2, -0.15) is 0 Å². The SMILES string of the molecule is C=CC[Si](C)(C)c1ccc(-c2ccccc2)o1. The highest BCUT2D eigenvalue weighted by molar-refractivity contribution is 6.89. The molecule has 0 aliphatic rings. The van der Waals surface area contributed by atoms with Gasteiger partial charge in [-0.1, -0.05) is 49.5 Å². The van der Waals surface area contributed by atoms with Gasteiger partial charge in [0.2, 0.25) is 0 Å². The van der Waals surface area contributed by atoms with Crippen LogP contribution in [0, 0.1) is 0 Å². The first-order valence-electron chi connectivity index (χ1n) is 5.90. The molecule has 0 saturated heterocycles. The zero-order valence-electron chi connectivity index (χ0n) is 10.4. The van der Waals surface area contributed by atoms with Gasteiger partial charge in [-0.05, 0) is 18.2 Å². The normalized spacial score (nSPS) is 11.4. The zero-order chi connectivity index (χ0) is 12.3. The fraction of sp³-hybridized carbons (Fsp3) is 0.200. The fourth-order valence-electron chi connectivity index (χ4n) is 1.92. The van der Waals surface area contributed by atoms with Crippen molar-refractivity contribution in [2.75, 3.05) is 0 Å². The Balaban J connectivity index is 2.31. The average molecular weight is 242 g/mol. The molecule has 1 nitrogen and oxygen atoms in total. The topological polar surface area (TPSA) is 13.1 Å². The van der Waals surface area contributed by atoms with Crippen molar-refractivity contribution in [3.8, 4) is 11.3 Å². The minimum atomic E-state index is -1.48. The molecule has 0 fully saturated rings. The van der Waals surface area contributed by atoms with Crippen LogP contribution in [0.3, 0.4) is 0 Å². The maximum atomic E-state index is 6.00. The lowest BCUT2D eigenvalue weighted by molar-refractivity contribution is 0.612. The van der Waals surface area contributed by atoms with E-state index in [4.69, 9.17) is 4.42 Å². The summed E-state index contributed by atoms with van der Waals surface area (Å²) in [6.07, 6.45) is 2.00. The number of hydrogen-bond donors (Lipinski definition) is 0. The Bertz CT molecular complexity index is 497. The van der Waals surface area contributed by atoms with Gasteiger partial charge in [0, 0.05) is 5.56 Å². The minimum Gasteiger partial charge on any atom is -0.466 e. The molecule has 2 rings (SSSR count). The third kappa shape index (κ3) is 2.59. The molecule has 0 N–H and O–H groups in total. The van der Waals surface area contributed by atoms with Crippen LogP contribution in [0.2, 0.25) is 19.1 Å². The van der Waals surface area contributed by atoms with E-state index in [1.807, 2.05) is 24.3 Å². The van der Waals surface area contributed by atoms with Crippen molar-refractivity contribution in [1.82, 2.24) is 0 Å². The molecule has 0 saturated carbocycles. The van der Waals surface area contributed by atoms with Crippen molar-refractivity contribution in [1.29, 1.82) is 0 Å². The van der Waals surface area contributed by atoms with Crippen molar-refractivity contribution in [2.24, 2.45) is 0 Å². The van der Waals surface area contributed by atoms with E-state index in [1.165, 1.54) is 0 Å². The molecule has 17 heavy (non-hydrogen) atoms. The van der Waals surface area contributed by atoms with Crippen molar-refractivity contribution >= 4 is 13.5 Å². The van der Waals surface area contributed by atoms with Crippen LogP contribution in [0.1, 0.15) is 0 Å². The fourth-order valence-corrected chi connectivity index (χ4v) is 3.76. The Morgan fingerprint density at radius 1 is 1.12 bits per heavy atom. The molecule has 0 amide bonds. The van der Waals surface area contributed by atoms with Gasteiger partial charge in [0.1, 0.15) is 13.8 Å². The number of allylic oxidation sites excluding steroid dienone is 1. The Morgan fingerprint density at radius 3 is 2.47 bits per heavy atom. The van der Waals surface area contributed by atoms with Crippen LogP contribution in [-0.4, -0.2) is 8.07 Å². The van der Waals surface area contributed by atoms with Gasteiger partial charge in [-0.15, -0.1) is 6.58 Å². The molecule has 0 aliphatic carbocycles. The highest BCUT2D eigenvalue weighted by Gasteiger charge is 2.25. The molecule has 2 aromatic rings. The average Bonchev–Trinajstić information content (AvgIpc) is 2.80. The van der Waals surface area contributed by atoms with E-state index in [9.17, 15) is 0 Å². The zero-order valence-corrected chi connectivity index (χ0v) is 11.4. The Labute approximate surface area is 104 Å². The molecule has 0 unspecified atom stereocenters. The highest BCUT2D eigenvalue weighted by Crippen LogP contribution is 2.21. The van der Waals surface area contributed by atoms with Crippen molar-refractivity contribution < 1.29 is 4.42 Å². The smallest absolute Gasteiger partial charge is 0.133 e. The summed E-state index contributed by atoms with van der Waals surface area (Å²) in [4.78, 5) is 0. The first-order chi connectivity index (χ1) is 8.13. The monoisotopic (exact) mass is 242 g/mol. The second kappa shape index (κ2) is 4.76. The Morgan fingerprint density at radius 2 is 1.82 bits per heavy atom. The van der Waals surface area contributed by atoms with Crippen LogP contribution in [0.25, 0.3) is 11.3 Å². The molecule has 1 aromatic carbocycles. The first kappa shape index (κ1) is 11.9. The van der Waals surface area contributed by atoms with Crippen LogP contribution < -0.4 is 5.38 Å². The second-order valence-electron chi connectivity index (χ2n) is 4.91. The predicted octanol–water partition coefficient (Wildman–Crippen LogP) is 4.05. The molecule has 1 heterocycles. The summed E-state index contributed by atoms with van der Waals surface area (Å²) in [6, 6.07) is 15.5. The summed E-state index contributed by atoms with van der Waals surface area (Å²) in [5.41, 5.74) is 1.14. The maximum absolute atomic E-state index is 6.00. The van der Waals surface area contributed by atoms with E-state index < -0.39 is 8.07 Å². The van der Waals surface area contributed by atoms with E-state index in [1.54, 1.807) is 0 Å². The van der Waals surface area contributed by atoms with E-state index in [2.05, 4.69) is 43.9 Å². The largest absolute Gasteiger partial charge is 0.466 e. The van der Waals surface area contributed by atoms with Gasteiger partial charge in [0.25, 0.3) is 0 Å². The Hall–Kier alpha value is -1.54. The standard InChI is InChI=1S/C15H18OSi/c1-4-12-17(2,3)15-11-10-14(16-15)13-8-6-5-7-9-13/h4-11H,1,12H2,2-3H3. The molecule has 0 radical (unpaired) electrons. The summed E-state index contributed by atoms with van der Waals surface area (Å²) >= 11 is 0. The van der Waals surface area contributed by atoms with Gasteiger partial charge in [0.15, 0.2) is 0 Å². The number of hydrogen-bond acceptors (Lipinski definition) is 1. The van der Waals surface area contributed by atoms with Gasteiger partial charge < -0.3 is 4.42 Å². The molecule has 0 bridgehead atoms. The summed E-state index contributed by atoms with van der Waals surface area (Å²) < 4.78 is 6.00. The summed E-state index contributed by atoms with van der Waals surface area (Å²) in [6.45, 7) is 8.45. The van der Waals surface area contributed by atoms with Gasteiger partial charge in [-0.3, -0.25) is 0 Å². The lowest BCUT2D eigenvalue weighted by Crippen LogP contribution is -2.39. The number of benzene rings is 1. The van der Waals surface area contributed by atoms with Crippen molar-refractivity contribution in [3.63, 3.8) is 0 Å². The van der Waals surface area contributed by atoms with Crippen LogP contribution >= 0.6 is 0 Å². The molecule has 1 aromatic heterocycles. The molecule has 88 valence electrons. The quantitative estimate of drug-likeness (QED) is 0.582. The molecular formula is C15H18OSi. The molecule has 0 aliphatic heterocycles. The van der Waals surface area contributed by atoms with Crippen LogP contribution in [0.4, 0.5) is 0 Å². The minimum absolute atomic E-state index is 0.963. The lowest BCUT2D eigenvalue weighted by atomic mass is 10.2. The van der Waals surface area contributed by atoms with Crippen LogP contribution in [0.15, 0.2) is 59.5 Å². The lowest BCUT2D eigenvalue weighted by Gasteiger charge is -2.16. The third-order valence-corrected chi connectivity index (χ3v) is 5.90. The van der Waals surface area contributed by atoms with E-state index in [0.29, 0.717) is 0 Å². The van der Waals surface area contributed by atoms with Crippen LogP contribution in [-0.2, 0) is 0 Å². The number of furan rings is 1. The van der Waals surface area contributed by atoms with E-state index >= 15 is 0 Å². The number of rotatable bonds is 4. The van der Waals surface area contributed by atoms with Gasteiger partial charge in [0.05, 0.1) is 5.38 Å². The molecule has 0 spiro atoms. The summed E-state index contributed by atoms with van der Waals surface area (Å²) in [7, 11) is -1.48. The van der Waals surface area contributed by atoms with Crippen LogP contribution in [0.5, 0.6) is 0 Å². The van der Waals surface area contributed by atoms with Crippen molar-refractivity contribution in [2.45, 2.75) is 19.1 Å². The second-order valence-corrected chi connectivity index (χ2v) is 9.58. The third-order valence-electron chi connectivity index (χ3n) is 2.99. The summed E-state index contributed by atoms with van der Waals surface area (Å²) in [5, 5.41) is 1.15. The molecule has 2 heteroatoms. The highest BCUT2D eigenvalue weighted by atomic mass is 28.3. The van der Waals surface area contributed by atoms with Gasteiger partial charge >= 0.3 is 0 Å². The maximum Gasteiger partial charge on any atom is 0.133 e. The summed E-state index contributed by atoms with van der Waals surface area (Å²) in [5.74, 6) is 0.963. The van der Waals surface area contributed by atoms with Crippen molar-refractivity contribution in [3.05, 3.63) is 55.1 Å². The van der Waals surface area contributed by atoms with Gasteiger partial charge in [-0.25, -0.2) is 0 Å². The first-order valence-corrected chi connectivity index (χ1v) is 9.11. The molecular weight excluding hydrogens is 224 g/mol. The van der Waals surface area contributed by atoms with E-state index in [-0.39, 0.29) is 0 Å². The van der Waals surface area contributed by atoms with E-state index in [0.717, 1.165) is 22.8 Å².